The van der Waals surface area contributed by atoms with Crippen LogP contribution in [0.2, 0.25) is 5.02 Å². The number of piperidine rings is 1. The van der Waals surface area contributed by atoms with Crippen LogP contribution in [-0.2, 0) is 6.54 Å². The Kier molecular flexibility index (Phi) is 5.94. The van der Waals surface area contributed by atoms with Gasteiger partial charge in [0.2, 0.25) is 0 Å². The number of nitrogens with zero attached hydrogens (tertiary/aromatic N) is 1. The molecule has 1 aliphatic rings. The van der Waals surface area contributed by atoms with Gasteiger partial charge in [0.15, 0.2) is 0 Å². The average Bonchev–Trinajstić information content (AvgIpc) is 2.66. The predicted octanol–water partition coefficient (Wildman–Crippen LogP) is 4.14. The lowest BCUT2D eigenvalue weighted by atomic mass is 9.99. The second-order valence-electron chi connectivity index (χ2n) is 6.85. The van der Waals surface area contributed by atoms with Crippen molar-refractivity contribution in [1.29, 1.82) is 0 Å². The Morgan fingerprint density at radius 1 is 1.12 bits per heavy atom. The fourth-order valence-electron chi connectivity index (χ4n) is 3.24. The van der Waals surface area contributed by atoms with Crippen LogP contribution in [0, 0.1) is 5.92 Å². The topological polar surface area (TPSA) is 49.4 Å². The van der Waals surface area contributed by atoms with E-state index in [4.69, 9.17) is 11.6 Å². The monoisotopic (exact) mass is 370 g/mol. The maximum absolute atomic E-state index is 12.6. The Bertz CT molecular complexity index is 789. The van der Waals surface area contributed by atoms with Gasteiger partial charge in [-0.1, -0.05) is 36.7 Å². The highest BCUT2D eigenvalue weighted by Crippen LogP contribution is 2.18. The third kappa shape index (κ3) is 4.44. The summed E-state index contributed by atoms with van der Waals surface area (Å²) in [5.74, 6) is 0.401. The van der Waals surface area contributed by atoms with Crippen LogP contribution in [0.25, 0.3) is 0 Å². The first kappa shape index (κ1) is 18.5. The van der Waals surface area contributed by atoms with Crippen LogP contribution in [0.4, 0.5) is 0 Å². The average molecular weight is 371 g/mol. The Labute approximate surface area is 159 Å². The van der Waals surface area contributed by atoms with Gasteiger partial charge in [0.05, 0.1) is 0 Å². The first-order valence-electron chi connectivity index (χ1n) is 8.95. The van der Waals surface area contributed by atoms with Crippen molar-refractivity contribution in [2.75, 3.05) is 13.1 Å². The molecule has 136 valence electrons. The Balaban J connectivity index is 1.60. The van der Waals surface area contributed by atoms with Gasteiger partial charge in [0, 0.05) is 35.8 Å². The van der Waals surface area contributed by atoms with Crippen LogP contribution in [0.5, 0.6) is 0 Å². The summed E-state index contributed by atoms with van der Waals surface area (Å²) in [6.45, 7) is 4.15. The maximum atomic E-state index is 12.6. The van der Waals surface area contributed by atoms with E-state index < -0.39 is 0 Å². The summed E-state index contributed by atoms with van der Waals surface area (Å²) in [6.07, 6.45) is 2.23. The van der Waals surface area contributed by atoms with Crippen LogP contribution in [-0.4, -0.2) is 29.8 Å². The molecule has 1 unspecified atom stereocenters. The molecule has 0 spiro atoms. The van der Waals surface area contributed by atoms with Gasteiger partial charge in [0.1, 0.15) is 0 Å². The normalized spacial score (nSPS) is 17.0. The number of benzene rings is 2. The molecule has 1 atom stereocenters. The molecule has 2 amide bonds. The maximum Gasteiger partial charge on any atom is 0.253 e. The number of carbonyl (C=O) groups excluding carboxylic acids is 2. The van der Waals surface area contributed by atoms with Crippen molar-refractivity contribution in [2.24, 2.45) is 5.92 Å². The molecule has 0 aliphatic carbocycles. The molecule has 0 saturated carbocycles. The van der Waals surface area contributed by atoms with Gasteiger partial charge in [-0.15, -0.1) is 0 Å². The van der Waals surface area contributed by atoms with E-state index in [1.165, 1.54) is 6.42 Å². The lowest BCUT2D eigenvalue weighted by Gasteiger charge is -2.31. The molecule has 1 fully saturated rings. The summed E-state index contributed by atoms with van der Waals surface area (Å²) in [4.78, 5) is 26.8. The molecule has 2 aromatic rings. The fourth-order valence-corrected chi connectivity index (χ4v) is 3.44. The minimum absolute atomic E-state index is 0.0413. The standard InChI is InChI=1S/C21H23ClN2O2/c1-15-5-4-12-24(14-15)21(26)17-10-8-16(9-11-17)20(25)23-13-18-6-2-3-7-19(18)22/h2-3,6-11,15H,4-5,12-14H2,1H3,(H,23,25). The summed E-state index contributed by atoms with van der Waals surface area (Å²) in [7, 11) is 0. The van der Waals surface area contributed by atoms with Crippen molar-refractivity contribution in [3.8, 4) is 0 Å². The van der Waals surface area contributed by atoms with Crippen LogP contribution >= 0.6 is 11.6 Å². The molecule has 0 bridgehead atoms. The fraction of sp³-hybridized carbons (Fsp3) is 0.333. The van der Waals surface area contributed by atoms with Gasteiger partial charge in [-0.25, -0.2) is 0 Å². The number of likely N-dealkylation sites (tertiary alicyclic amines) is 1. The largest absolute Gasteiger partial charge is 0.348 e. The zero-order valence-electron chi connectivity index (χ0n) is 14.9. The molecule has 1 N–H and O–H groups in total. The van der Waals surface area contributed by atoms with Gasteiger partial charge < -0.3 is 10.2 Å². The zero-order chi connectivity index (χ0) is 18.5. The third-order valence-electron chi connectivity index (χ3n) is 4.74. The van der Waals surface area contributed by atoms with Crippen LogP contribution in [0.3, 0.4) is 0 Å². The molecule has 4 nitrogen and oxygen atoms in total. The van der Waals surface area contributed by atoms with Gasteiger partial charge in [0.25, 0.3) is 11.8 Å². The number of carbonyl (C=O) groups is 2. The number of nitrogens with one attached hydrogen (secondary N) is 1. The first-order valence-corrected chi connectivity index (χ1v) is 9.33. The molecule has 1 saturated heterocycles. The second kappa shape index (κ2) is 8.37. The summed E-state index contributed by atoms with van der Waals surface area (Å²) in [5.41, 5.74) is 2.02. The first-order chi connectivity index (χ1) is 12.5. The molecule has 0 radical (unpaired) electrons. The lowest BCUT2D eigenvalue weighted by molar-refractivity contribution is 0.0682. The quantitative estimate of drug-likeness (QED) is 0.879. The smallest absolute Gasteiger partial charge is 0.253 e. The summed E-state index contributed by atoms with van der Waals surface area (Å²) >= 11 is 6.10. The summed E-state index contributed by atoms with van der Waals surface area (Å²) in [5, 5.41) is 3.48. The molecular weight excluding hydrogens is 348 g/mol. The van der Waals surface area contributed by atoms with Crippen molar-refractivity contribution < 1.29 is 9.59 Å². The number of hydrogen-bond donors (Lipinski definition) is 1. The van der Waals surface area contributed by atoms with Crippen LogP contribution < -0.4 is 5.32 Å². The molecule has 3 rings (SSSR count). The predicted molar refractivity (Wildman–Crippen MR) is 103 cm³/mol. The van der Waals surface area contributed by atoms with E-state index in [1.54, 1.807) is 30.3 Å². The minimum Gasteiger partial charge on any atom is -0.348 e. The Morgan fingerprint density at radius 3 is 2.50 bits per heavy atom. The zero-order valence-corrected chi connectivity index (χ0v) is 15.6. The van der Waals surface area contributed by atoms with Crippen LogP contribution in [0.1, 0.15) is 46.0 Å². The van der Waals surface area contributed by atoms with Crippen molar-refractivity contribution in [3.63, 3.8) is 0 Å². The van der Waals surface area contributed by atoms with E-state index >= 15 is 0 Å². The Morgan fingerprint density at radius 2 is 1.81 bits per heavy atom. The number of hydrogen-bond acceptors (Lipinski definition) is 2. The number of halogens is 1. The lowest BCUT2D eigenvalue weighted by Crippen LogP contribution is -2.39. The van der Waals surface area contributed by atoms with Gasteiger partial charge in [-0.3, -0.25) is 9.59 Å². The van der Waals surface area contributed by atoms with E-state index in [2.05, 4.69) is 12.2 Å². The third-order valence-corrected chi connectivity index (χ3v) is 5.10. The highest BCUT2D eigenvalue weighted by molar-refractivity contribution is 6.31. The highest BCUT2D eigenvalue weighted by Gasteiger charge is 2.22. The molecule has 26 heavy (non-hydrogen) atoms. The molecule has 1 heterocycles. The molecule has 2 aromatic carbocycles. The van der Waals surface area contributed by atoms with Crippen molar-refractivity contribution >= 4 is 23.4 Å². The summed E-state index contributed by atoms with van der Waals surface area (Å²) < 4.78 is 0. The van der Waals surface area contributed by atoms with E-state index in [-0.39, 0.29) is 11.8 Å². The summed E-state index contributed by atoms with van der Waals surface area (Å²) in [6, 6.07) is 14.3. The van der Waals surface area contributed by atoms with Gasteiger partial charge >= 0.3 is 0 Å². The van der Waals surface area contributed by atoms with Crippen molar-refractivity contribution in [1.82, 2.24) is 10.2 Å². The number of amides is 2. The minimum atomic E-state index is -0.185. The van der Waals surface area contributed by atoms with Gasteiger partial charge in [-0.05, 0) is 54.7 Å². The van der Waals surface area contributed by atoms with Gasteiger partial charge in [-0.2, -0.15) is 0 Å². The highest BCUT2D eigenvalue weighted by atomic mass is 35.5. The van der Waals surface area contributed by atoms with Crippen molar-refractivity contribution in [3.05, 3.63) is 70.2 Å². The van der Waals surface area contributed by atoms with Crippen LogP contribution in [0.15, 0.2) is 48.5 Å². The Hall–Kier alpha value is -2.33. The van der Waals surface area contributed by atoms with E-state index in [9.17, 15) is 9.59 Å². The van der Waals surface area contributed by atoms with E-state index in [0.29, 0.717) is 28.6 Å². The molecular formula is C21H23ClN2O2. The molecule has 0 aromatic heterocycles. The molecule has 1 aliphatic heterocycles. The second-order valence-corrected chi connectivity index (χ2v) is 7.26. The molecule has 5 heteroatoms. The number of rotatable bonds is 4. The SMILES string of the molecule is CC1CCCN(C(=O)c2ccc(C(=O)NCc3ccccc3Cl)cc2)C1. The van der Waals surface area contributed by atoms with E-state index in [1.807, 2.05) is 23.1 Å². The van der Waals surface area contributed by atoms with Crippen molar-refractivity contribution in [2.45, 2.75) is 26.3 Å². The van der Waals surface area contributed by atoms with E-state index in [0.717, 1.165) is 25.1 Å².